The first-order valence-corrected chi connectivity index (χ1v) is 5.01. The van der Waals surface area contributed by atoms with Crippen molar-refractivity contribution in [1.82, 2.24) is 0 Å². The van der Waals surface area contributed by atoms with E-state index in [4.69, 9.17) is 8.42 Å². The van der Waals surface area contributed by atoms with Crippen LogP contribution in [0.5, 0.6) is 0 Å². The van der Waals surface area contributed by atoms with Crippen molar-refractivity contribution < 1.29 is 22.7 Å². The van der Waals surface area contributed by atoms with Crippen LogP contribution >= 0.6 is 0 Å². The Labute approximate surface area is 86.7 Å². The molecular weight excluding hydrogens is 222 g/mol. The molecule has 1 aromatic carbocycles. The summed E-state index contributed by atoms with van der Waals surface area (Å²) >= 11 is 0. The van der Waals surface area contributed by atoms with Gasteiger partial charge in [0.05, 0.1) is 11.1 Å². The zero-order valence-electron chi connectivity index (χ0n) is 7.38. The molecule has 6 nitrogen and oxygen atoms in total. The zero-order chi connectivity index (χ0) is 11.4. The van der Waals surface area contributed by atoms with Crippen molar-refractivity contribution in [3.63, 3.8) is 0 Å². The van der Waals surface area contributed by atoms with E-state index in [9.17, 15) is 9.59 Å². The highest BCUT2D eigenvalue weighted by Gasteiger charge is 2.28. The number of nitrogens with two attached hydrogens (primary N) is 1. The van der Waals surface area contributed by atoms with Gasteiger partial charge in [-0.05, 0) is 12.1 Å². The predicted molar refractivity (Wildman–Crippen MR) is 50.7 cm³/mol. The minimum atomic E-state index is -2.62. The van der Waals surface area contributed by atoms with Crippen molar-refractivity contribution in [3.05, 3.63) is 35.4 Å². The Morgan fingerprint density at radius 2 is 1.33 bits per heavy atom. The van der Waals surface area contributed by atoms with Crippen molar-refractivity contribution in [2.24, 2.45) is 5.14 Å². The largest absolute Gasteiger partial charge is 0.386 e. The fourth-order valence-corrected chi connectivity index (χ4v) is 1.03. The molecule has 0 fully saturated rings. The first kappa shape index (κ1) is 11.3. The lowest BCUT2D eigenvalue weighted by Gasteiger charge is -1.86. The van der Waals surface area contributed by atoms with Gasteiger partial charge < -0.3 is 4.74 Å². The van der Waals surface area contributed by atoms with Gasteiger partial charge in [0, 0.05) is 0 Å². The Kier molecular flexibility index (Phi) is 3.53. The fourth-order valence-electron chi connectivity index (χ4n) is 1.03. The summed E-state index contributed by atoms with van der Waals surface area (Å²) in [4.78, 5) is 21.7. The Hall–Kier alpha value is -1.73. The number of carbonyl (C=O) groups is 2. The van der Waals surface area contributed by atoms with Crippen LogP contribution in [0.4, 0.5) is 0 Å². The molecule has 80 valence electrons. The van der Waals surface area contributed by atoms with Crippen molar-refractivity contribution in [3.8, 4) is 0 Å². The Morgan fingerprint density at radius 1 is 1.00 bits per heavy atom. The minimum absolute atomic E-state index is 0.359. The van der Waals surface area contributed by atoms with Gasteiger partial charge in [0.1, 0.15) is 0 Å². The first-order valence-electron chi connectivity index (χ1n) is 3.77. The lowest BCUT2D eigenvalue weighted by Crippen LogP contribution is -1.96. The third-order valence-corrected chi connectivity index (χ3v) is 1.55. The molecular formula is C8H7NO5S. The second-order valence-electron chi connectivity index (χ2n) is 2.51. The summed E-state index contributed by atoms with van der Waals surface area (Å²) in [6, 6.07) is 6.53. The fraction of sp³-hybridized carbons (Fsp3) is 0. The van der Waals surface area contributed by atoms with Gasteiger partial charge in [0.15, 0.2) is 10.9 Å². The molecule has 0 aliphatic carbocycles. The molecule has 0 spiro atoms. The summed E-state index contributed by atoms with van der Waals surface area (Å²) in [6.07, 6.45) is 0. The van der Waals surface area contributed by atoms with Gasteiger partial charge in [-0.15, -0.1) is 0 Å². The maximum Gasteiger partial charge on any atom is 0.346 e. The maximum absolute atomic E-state index is 10.8. The van der Waals surface area contributed by atoms with E-state index in [1.165, 1.54) is 0 Å². The standard InChI is InChI=1S/C8H4O3.H3NO2S/c9-7-5-3-1-2-4-6(5)8(10)11-7;1-4(2)3/h1-4H;4H,(H2,1,2,3). The van der Waals surface area contributed by atoms with E-state index in [-0.39, 0.29) is 0 Å². The number of ether oxygens (including phenoxy) is 1. The average molecular weight is 229 g/mol. The third-order valence-electron chi connectivity index (χ3n) is 1.55. The number of thiol groups is 1. The van der Waals surface area contributed by atoms with Crippen LogP contribution in [0, 0.1) is 0 Å². The highest BCUT2D eigenvalue weighted by Crippen LogP contribution is 2.18. The minimum Gasteiger partial charge on any atom is -0.386 e. The number of hydrogen-bond donors (Lipinski definition) is 2. The lowest BCUT2D eigenvalue weighted by molar-refractivity contribution is 0.0444. The number of fused-ring (bicyclic) bond motifs is 1. The summed E-state index contributed by atoms with van der Waals surface area (Å²) in [5.41, 5.74) is 0.718. The van der Waals surface area contributed by atoms with Gasteiger partial charge in [0.25, 0.3) is 0 Å². The zero-order valence-corrected chi connectivity index (χ0v) is 8.27. The lowest BCUT2D eigenvalue weighted by atomic mass is 10.1. The SMILES string of the molecule is N[SH](=O)=O.O=C1OC(=O)c2ccccc21. The van der Waals surface area contributed by atoms with Gasteiger partial charge in [0.2, 0.25) is 0 Å². The van der Waals surface area contributed by atoms with E-state index in [0.29, 0.717) is 11.1 Å². The quantitative estimate of drug-likeness (QED) is 0.353. The Morgan fingerprint density at radius 3 is 1.67 bits per heavy atom. The Balaban J connectivity index is 0.000000245. The Bertz CT molecular complexity index is 439. The van der Waals surface area contributed by atoms with E-state index in [1.54, 1.807) is 24.3 Å². The molecule has 0 unspecified atom stereocenters. The molecule has 0 aromatic heterocycles. The van der Waals surface area contributed by atoms with Crippen molar-refractivity contribution in [1.29, 1.82) is 0 Å². The van der Waals surface area contributed by atoms with Crippen LogP contribution in [0.15, 0.2) is 24.3 Å². The van der Waals surface area contributed by atoms with Gasteiger partial charge in [-0.1, -0.05) is 12.1 Å². The molecule has 1 aromatic rings. The molecule has 0 radical (unpaired) electrons. The summed E-state index contributed by atoms with van der Waals surface area (Å²) < 4.78 is 22.0. The van der Waals surface area contributed by atoms with Gasteiger partial charge >= 0.3 is 11.9 Å². The third kappa shape index (κ3) is 2.86. The van der Waals surface area contributed by atoms with E-state index in [1.807, 2.05) is 0 Å². The highest BCUT2D eigenvalue weighted by molar-refractivity contribution is 7.69. The smallest absolute Gasteiger partial charge is 0.346 e. The van der Waals surface area contributed by atoms with Crippen LogP contribution < -0.4 is 5.14 Å². The summed E-state index contributed by atoms with van der Waals surface area (Å²) in [7, 11) is -2.62. The summed E-state index contributed by atoms with van der Waals surface area (Å²) in [6.45, 7) is 0. The number of esters is 2. The van der Waals surface area contributed by atoms with Gasteiger partial charge in [-0.3, -0.25) is 0 Å². The van der Waals surface area contributed by atoms with Crippen LogP contribution in [0.2, 0.25) is 0 Å². The van der Waals surface area contributed by atoms with Crippen molar-refractivity contribution in [2.75, 3.05) is 0 Å². The van der Waals surface area contributed by atoms with Crippen molar-refractivity contribution >= 4 is 22.8 Å². The summed E-state index contributed by atoms with van der Waals surface area (Å²) in [5.74, 6) is -1.10. The number of carbonyl (C=O) groups excluding carboxylic acids is 2. The van der Waals surface area contributed by atoms with E-state index in [2.05, 4.69) is 9.88 Å². The maximum atomic E-state index is 10.8. The second kappa shape index (κ2) is 4.67. The second-order valence-corrected chi connectivity index (χ2v) is 3.08. The molecule has 2 rings (SSSR count). The highest BCUT2D eigenvalue weighted by atomic mass is 32.2. The van der Waals surface area contributed by atoms with E-state index >= 15 is 0 Å². The number of benzene rings is 1. The van der Waals surface area contributed by atoms with Crippen molar-refractivity contribution in [2.45, 2.75) is 0 Å². The van der Waals surface area contributed by atoms with E-state index in [0.717, 1.165) is 0 Å². The molecule has 0 bridgehead atoms. The number of rotatable bonds is 0. The monoisotopic (exact) mass is 229 g/mol. The van der Waals surface area contributed by atoms with Crippen LogP contribution in [0.3, 0.4) is 0 Å². The molecule has 15 heavy (non-hydrogen) atoms. The van der Waals surface area contributed by atoms with Gasteiger partial charge in [-0.2, -0.15) is 0 Å². The molecule has 2 N–H and O–H groups in total. The molecule has 7 heteroatoms. The van der Waals surface area contributed by atoms with Crippen LogP contribution in [0.1, 0.15) is 20.7 Å². The molecule has 1 heterocycles. The van der Waals surface area contributed by atoms with Crippen LogP contribution in [-0.4, -0.2) is 20.4 Å². The molecule has 1 aliphatic rings. The average Bonchev–Trinajstić information content (AvgIpc) is 2.43. The topological polar surface area (TPSA) is 104 Å². The van der Waals surface area contributed by atoms with Crippen LogP contribution in [0.25, 0.3) is 0 Å². The van der Waals surface area contributed by atoms with E-state index < -0.39 is 22.8 Å². The first-order chi connectivity index (χ1) is 7.02. The predicted octanol–water partition coefficient (Wildman–Crippen LogP) is -0.531. The van der Waals surface area contributed by atoms with Gasteiger partial charge in [-0.25, -0.2) is 23.1 Å². The normalized spacial score (nSPS) is 12.9. The number of cyclic esters (lactones) is 2. The summed E-state index contributed by atoms with van der Waals surface area (Å²) in [5, 5.41) is 4.06. The molecule has 0 amide bonds. The van der Waals surface area contributed by atoms with Crippen LogP contribution in [-0.2, 0) is 15.6 Å². The number of hydrogen-bond acceptors (Lipinski definition) is 5. The molecule has 0 saturated heterocycles. The molecule has 0 saturated carbocycles. The molecule has 1 aliphatic heterocycles. The molecule has 0 atom stereocenters.